The number of β-amino-alcohol motifs (C(OH)–C–C–N with tert-alkyl or cyclic N) is 1. The number of halogens is 3. The number of nitrogens with one attached hydrogen (secondary N) is 1. The number of para-hydroxylation sites is 1. The molecule has 1 atom stereocenters. The van der Waals surface area contributed by atoms with Crippen molar-refractivity contribution in [2.75, 3.05) is 37.6 Å². The summed E-state index contributed by atoms with van der Waals surface area (Å²) in [6.45, 7) is 2.59. The molecule has 1 unspecified atom stereocenters. The third-order valence-electron chi connectivity index (χ3n) is 7.55. The van der Waals surface area contributed by atoms with Gasteiger partial charge in [-0.25, -0.2) is 9.97 Å². The summed E-state index contributed by atoms with van der Waals surface area (Å²) >= 11 is 0. The molecule has 2 aromatic heterocycles. The number of aromatic amines is 1. The van der Waals surface area contributed by atoms with Crippen molar-refractivity contribution < 1.29 is 23.4 Å². The number of piperidine rings is 2. The van der Waals surface area contributed by atoms with Crippen LogP contribution in [-0.2, 0) is 6.18 Å². The lowest BCUT2D eigenvalue weighted by molar-refractivity contribution is -0.141. The van der Waals surface area contributed by atoms with Crippen LogP contribution in [0.25, 0.3) is 10.9 Å². The summed E-state index contributed by atoms with van der Waals surface area (Å²) in [7, 11) is 0. The molecule has 2 saturated heterocycles. The monoisotopic (exact) mass is 489 g/mol. The van der Waals surface area contributed by atoms with Gasteiger partial charge in [-0.3, -0.25) is 0 Å². The summed E-state index contributed by atoms with van der Waals surface area (Å²) in [6.07, 6.45) is 0.161. The molecule has 188 valence electrons. The molecule has 0 saturated carbocycles. The van der Waals surface area contributed by atoms with Crippen molar-refractivity contribution in [3.05, 3.63) is 54.0 Å². The van der Waals surface area contributed by atoms with Gasteiger partial charge in [0.25, 0.3) is 0 Å². The maximum atomic E-state index is 13.0. The first-order valence-electron chi connectivity index (χ1n) is 12.1. The summed E-state index contributed by atoms with van der Waals surface area (Å²) in [5, 5.41) is 23.3. The smallest absolute Gasteiger partial charge is 0.389 e. The zero-order valence-corrected chi connectivity index (χ0v) is 19.4. The summed E-state index contributed by atoms with van der Waals surface area (Å²) in [6, 6.07) is 9.14. The van der Waals surface area contributed by atoms with Crippen molar-refractivity contribution in [1.82, 2.24) is 19.9 Å². The topological polar surface area (TPSA) is 88.5 Å². The van der Waals surface area contributed by atoms with Crippen molar-refractivity contribution in [3.8, 4) is 0 Å². The number of alkyl halides is 3. The molecule has 0 bridgehead atoms. The Balaban J connectivity index is 1.14. The molecule has 0 amide bonds. The predicted molar refractivity (Wildman–Crippen MR) is 126 cm³/mol. The Kier molecular flexibility index (Phi) is 6.45. The number of likely N-dealkylation sites (tertiary alicyclic amines) is 1. The SMILES string of the molecule is OC(CN1CCC(c2c[nH]c3ccccc23)CC1)C1(O)CCN(c2nccc(C(F)(F)F)n2)CC1. The molecule has 0 aliphatic carbocycles. The normalized spacial score (nSPS) is 20.9. The van der Waals surface area contributed by atoms with Gasteiger partial charge in [0.05, 0.1) is 11.7 Å². The molecule has 1 aromatic carbocycles. The van der Waals surface area contributed by atoms with E-state index in [1.165, 1.54) is 10.9 Å². The molecule has 2 fully saturated rings. The van der Waals surface area contributed by atoms with Gasteiger partial charge in [0, 0.05) is 42.9 Å². The Morgan fingerprint density at radius 3 is 2.51 bits per heavy atom. The van der Waals surface area contributed by atoms with E-state index in [4.69, 9.17) is 0 Å². The Morgan fingerprint density at radius 1 is 1.09 bits per heavy atom. The Labute approximate surface area is 201 Å². The van der Waals surface area contributed by atoms with E-state index in [9.17, 15) is 23.4 Å². The summed E-state index contributed by atoms with van der Waals surface area (Å²) in [5.41, 5.74) is 0.207. The number of benzene rings is 1. The van der Waals surface area contributed by atoms with Crippen LogP contribution in [-0.4, -0.2) is 74.5 Å². The molecule has 2 aliphatic rings. The standard InChI is InChI=1S/C25H30F3N5O2/c26-25(27,28)21-5-10-29-23(31-21)33-13-8-24(35,9-14-33)22(34)16-32-11-6-17(7-12-32)19-15-30-20-4-2-1-3-18(19)20/h1-5,10,15,17,22,30,34-35H,6-9,11-14,16H2. The number of hydrogen-bond acceptors (Lipinski definition) is 6. The van der Waals surface area contributed by atoms with E-state index < -0.39 is 23.6 Å². The molecular weight excluding hydrogens is 459 g/mol. The molecule has 10 heteroatoms. The molecule has 0 radical (unpaired) electrons. The van der Waals surface area contributed by atoms with E-state index in [1.807, 2.05) is 6.07 Å². The highest BCUT2D eigenvalue weighted by molar-refractivity contribution is 5.83. The van der Waals surface area contributed by atoms with Gasteiger partial charge in [-0.15, -0.1) is 0 Å². The first-order chi connectivity index (χ1) is 16.7. The Morgan fingerprint density at radius 2 is 1.80 bits per heavy atom. The maximum Gasteiger partial charge on any atom is 0.433 e. The number of aliphatic hydroxyl groups excluding tert-OH is 1. The quantitative estimate of drug-likeness (QED) is 0.508. The molecule has 0 spiro atoms. The third kappa shape index (κ3) is 5.00. The van der Waals surface area contributed by atoms with Gasteiger partial charge in [-0.05, 0) is 62.4 Å². The second kappa shape index (κ2) is 9.40. The van der Waals surface area contributed by atoms with Gasteiger partial charge in [0.2, 0.25) is 5.95 Å². The summed E-state index contributed by atoms with van der Waals surface area (Å²) < 4.78 is 38.9. The largest absolute Gasteiger partial charge is 0.433 e. The van der Waals surface area contributed by atoms with Crippen LogP contribution in [0.5, 0.6) is 0 Å². The highest BCUT2D eigenvalue weighted by Crippen LogP contribution is 2.35. The van der Waals surface area contributed by atoms with Crippen molar-refractivity contribution in [2.24, 2.45) is 0 Å². The Bertz CT molecular complexity index is 1150. The number of nitrogens with zero attached hydrogens (tertiary/aromatic N) is 4. The molecule has 4 heterocycles. The summed E-state index contributed by atoms with van der Waals surface area (Å²) in [5.74, 6) is 0.453. The highest BCUT2D eigenvalue weighted by Gasteiger charge is 2.41. The molecule has 3 N–H and O–H groups in total. The second-order valence-corrected chi connectivity index (χ2v) is 9.71. The van der Waals surface area contributed by atoms with E-state index >= 15 is 0 Å². The lowest BCUT2D eigenvalue weighted by Crippen LogP contribution is -2.55. The van der Waals surface area contributed by atoms with Gasteiger partial charge in [0.15, 0.2) is 0 Å². The van der Waals surface area contributed by atoms with Gasteiger partial charge in [0.1, 0.15) is 5.69 Å². The zero-order chi connectivity index (χ0) is 24.6. The average molecular weight is 490 g/mol. The minimum absolute atomic E-state index is 0.00396. The fourth-order valence-corrected chi connectivity index (χ4v) is 5.36. The van der Waals surface area contributed by atoms with Crippen LogP contribution >= 0.6 is 0 Å². The number of aliphatic hydroxyl groups is 2. The van der Waals surface area contributed by atoms with E-state index in [1.54, 1.807) is 4.90 Å². The zero-order valence-electron chi connectivity index (χ0n) is 19.4. The van der Waals surface area contributed by atoms with Gasteiger partial charge in [-0.1, -0.05) is 18.2 Å². The van der Waals surface area contributed by atoms with Gasteiger partial charge >= 0.3 is 6.18 Å². The lowest BCUT2D eigenvalue weighted by atomic mass is 9.84. The van der Waals surface area contributed by atoms with E-state index in [0.717, 1.165) is 43.7 Å². The second-order valence-electron chi connectivity index (χ2n) is 9.71. The maximum absolute atomic E-state index is 13.0. The highest BCUT2D eigenvalue weighted by atomic mass is 19.4. The number of anilines is 1. The van der Waals surface area contributed by atoms with Crippen molar-refractivity contribution >= 4 is 16.9 Å². The molecule has 5 rings (SSSR count). The average Bonchev–Trinajstić information content (AvgIpc) is 3.29. The van der Waals surface area contributed by atoms with Crippen LogP contribution in [0.3, 0.4) is 0 Å². The fraction of sp³-hybridized carbons (Fsp3) is 0.520. The number of rotatable bonds is 5. The number of fused-ring (bicyclic) bond motifs is 1. The van der Waals surface area contributed by atoms with Crippen molar-refractivity contribution in [3.63, 3.8) is 0 Å². The minimum atomic E-state index is -4.54. The van der Waals surface area contributed by atoms with Crippen LogP contribution in [0.15, 0.2) is 42.7 Å². The van der Waals surface area contributed by atoms with Crippen molar-refractivity contribution in [2.45, 2.75) is 49.5 Å². The van der Waals surface area contributed by atoms with E-state index in [0.29, 0.717) is 12.5 Å². The first-order valence-corrected chi connectivity index (χ1v) is 12.1. The number of aromatic nitrogens is 3. The lowest BCUT2D eigenvalue weighted by Gasteiger charge is -2.43. The van der Waals surface area contributed by atoms with Crippen LogP contribution in [0.1, 0.15) is 42.9 Å². The van der Waals surface area contributed by atoms with Crippen molar-refractivity contribution in [1.29, 1.82) is 0 Å². The fourth-order valence-electron chi connectivity index (χ4n) is 5.36. The first kappa shape index (κ1) is 24.0. The molecule has 2 aliphatic heterocycles. The Hall–Kier alpha value is -2.69. The van der Waals surface area contributed by atoms with Crippen LogP contribution in [0.2, 0.25) is 0 Å². The van der Waals surface area contributed by atoms with Crippen LogP contribution < -0.4 is 4.90 Å². The van der Waals surface area contributed by atoms with Gasteiger partial charge < -0.3 is 25.0 Å². The van der Waals surface area contributed by atoms with Crippen LogP contribution in [0.4, 0.5) is 19.1 Å². The minimum Gasteiger partial charge on any atom is -0.389 e. The predicted octanol–water partition coefficient (Wildman–Crippen LogP) is 3.55. The molecule has 3 aromatic rings. The van der Waals surface area contributed by atoms with Gasteiger partial charge in [-0.2, -0.15) is 13.2 Å². The molecular formula is C25H30F3N5O2. The van der Waals surface area contributed by atoms with E-state index in [-0.39, 0.29) is 31.9 Å². The third-order valence-corrected chi connectivity index (χ3v) is 7.55. The summed E-state index contributed by atoms with van der Waals surface area (Å²) in [4.78, 5) is 14.8. The number of hydrogen-bond donors (Lipinski definition) is 3. The van der Waals surface area contributed by atoms with E-state index in [2.05, 4.69) is 44.2 Å². The number of H-pyrrole nitrogens is 1. The molecule has 7 nitrogen and oxygen atoms in total. The molecule has 35 heavy (non-hydrogen) atoms. The van der Waals surface area contributed by atoms with Crippen LogP contribution in [0, 0.1) is 0 Å².